The first-order chi connectivity index (χ1) is 15.1. The highest BCUT2D eigenvalue weighted by atomic mass is 16.3. The summed E-state index contributed by atoms with van der Waals surface area (Å²) in [7, 11) is 2.08. The van der Waals surface area contributed by atoms with Gasteiger partial charge in [-0.3, -0.25) is 0 Å². The van der Waals surface area contributed by atoms with E-state index in [-0.39, 0.29) is 23.4 Å². The average Bonchev–Trinajstić information content (AvgIpc) is 3.20. The molecule has 1 aliphatic heterocycles. The minimum absolute atomic E-state index is 0.0141. The maximum absolute atomic E-state index is 10.6. The third-order valence-electron chi connectivity index (χ3n) is 6.22. The molecule has 3 N–H and O–H groups in total. The van der Waals surface area contributed by atoms with Crippen molar-refractivity contribution >= 4 is 5.82 Å². The molecule has 0 saturated carbocycles. The van der Waals surface area contributed by atoms with E-state index in [0.717, 1.165) is 29.9 Å². The molecule has 3 heterocycles. The lowest BCUT2D eigenvalue weighted by Gasteiger charge is -2.49. The van der Waals surface area contributed by atoms with Crippen LogP contribution >= 0.6 is 0 Å². The first kappa shape index (κ1) is 22.3. The van der Waals surface area contributed by atoms with Gasteiger partial charge in [-0.1, -0.05) is 0 Å². The Kier molecular flexibility index (Phi) is 5.73. The van der Waals surface area contributed by atoms with E-state index >= 15 is 0 Å². The molecular weight excluding hydrogens is 402 g/mol. The van der Waals surface area contributed by atoms with Crippen molar-refractivity contribution in [2.45, 2.75) is 64.3 Å². The van der Waals surface area contributed by atoms with E-state index in [1.807, 2.05) is 47.3 Å². The van der Waals surface area contributed by atoms with Crippen LogP contribution in [0.2, 0.25) is 0 Å². The summed E-state index contributed by atoms with van der Waals surface area (Å²) < 4.78 is 1.86. The molecule has 1 saturated heterocycles. The van der Waals surface area contributed by atoms with E-state index in [1.165, 1.54) is 0 Å². The fourth-order valence-electron chi connectivity index (χ4n) is 4.98. The first-order valence-corrected chi connectivity index (χ1v) is 11.0. The standard InChI is InChI=1S/C25H33N5O2/c1-24(2)13-19(14-25(3,4)28-24)29(5)23-9-8-21(26-27-23)20-7-6-18(12-22(20)32)30-11-10-17(15-30)16-31/h6-12,15,19,28,31-32H,13-14,16H2,1-5H3. The van der Waals surface area contributed by atoms with Crippen LogP contribution in [-0.4, -0.2) is 49.1 Å². The van der Waals surface area contributed by atoms with Crippen LogP contribution in [0.25, 0.3) is 16.9 Å². The van der Waals surface area contributed by atoms with Crippen molar-refractivity contribution in [2.24, 2.45) is 0 Å². The van der Waals surface area contributed by atoms with Crippen molar-refractivity contribution in [1.82, 2.24) is 20.1 Å². The van der Waals surface area contributed by atoms with Gasteiger partial charge < -0.3 is 25.0 Å². The summed E-state index contributed by atoms with van der Waals surface area (Å²) in [6, 6.07) is 11.5. The first-order valence-electron chi connectivity index (χ1n) is 11.0. The van der Waals surface area contributed by atoms with Crippen molar-refractivity contribution in [3.8, 4) is 22.7 Å². The minimum atomic E-state index is -0.0141. The second-order valence-corrected chi connectivity index (χ2v) is 10.1. The molecule has 170 valence electrons. The van der Waals surface area contributed by atoms with Gasteiger partial charge in [0.15, 0.2) is 5.82 Å². The van der Waals surface area contributed by atoms with Gasteiger partial charge in [-0.05, 0) is 76.4 Å². The molecule has 0 amide bonds. The molecule has 0 aliphatic carbocycles. The third-order valence-corrected chi connectivity index (χ3v) is 6.22. The Bertz CT molecular complexity index is 1070. The van der Waals surface area contributed by atoms with Crippen LogP contribution in [-0.2, 0) is 6.61 Å². The van der Waals surface area contributed by atoms with Gasteiger partial charge in [0.05, 0.1) is 12.3 Å². The normalized spacial score (nSPS) is 17.9. The predicted molar refractivity (Wildman–Crippen MR) is 127 cm³/mol. The van der Waals surface area contributed by atoms with Crippen molar-refractivity contribution in [1.29, 1.82) is 0 Å². The highest BCUT2D eigenvalue weighted by Gasteiger charge is 2.39. The number of benzene rings is 1. The van der Waals surface area contributed by atoms with E-state index in [0.29, 0.717) is 17.3 Å². The van der Waals surface area contributed by atoms with Gasteiger partial charge >= 0.3 is 0 Å². The van der Waals surface area contributed by atoms with Gasteiger partial charge in [0.25, 0.3) is 0 Å². The lowest BCUT2D eigenvalue weighted by molar-refractivity contribution is 0.160. The maximum Gasteiger partial charge on any atom is 0.151 e. The molecule has 7 heteroatoms. The van der Waals surface area contributed by atoms with Gasteiger partial charge in [0.1, 0.15) is 5.75 Å². The number of phenolic OH excluding ortho intramolecular Hbond substituents is 1. The summed E-state index contributed by atoms with van der Waals surface area (Å²) in [5, 5.41) is 32.5. The topological polar surface area (TPSA) is 86.4 Å². The average molecular weight is 436 g/mol. The van der Waals surface area contributed by atoms with Gasteiger partial charge in [-0.15, -0.1) is 10.2 Å². The van der Waals surface area contributed by atoms with Crippen LogP contribution in [0, 0.1) is 0 Å². The Morgan fingerprint density at radius 3 is 2.34 bits per heavy atom. The monoisotopic (exact) mass is 435 g/mol. The van der Waals surface area contributed by atoms with Crippen molar-refractivity contribution < 1.29 is 10.2 Å². The van der Waals surface area contributed by atoms with Crippen LogP contribution in [0.5, 0.6) is 5.75 Å². The van der Waals surface area contributed by atoms with E-state index in [9.17, 15) is 10.2 Å². The van der Waals surface area contributed by atoms with Crippen LogP contribution in [0.3, 0.4) is 0 Å². The van der Waals surface area contributed by atoms with Crippen molar-refractivity contribution in [3.63, 3.8) is 0 Å². The number of hydrogen-bond donors (Lipinski definition) is 3. The Balaban J connectivity index is 1.53. The quantitative estimate of drug-likeness (QED) is 0.564. The summed E-state index contributed by atoms with van der Waals surface area (Å²) in [6.07, 6.45) is 5.74. The number of aliphatic hydroxyl groups is 1. The zero-order chi connectivity index (χ0) is 23.1. The summed E-state index contributed by atoms with van der Waals surface area (Å²) in [6.45, 7) is 8.96. The largest absolute Gasteiger partial charge is 0.507 e. The molecule has 3 aromatic rings. The predicted octanol–water partition coefficient (Wildman–Crippen LogP) is 3.88. The van der Waals surface area contributed by atoms with Crippen LogP contribution < -0.4 is 10.2 Å². The molecule has 1 aromatic carbocycles. The van der Waals surface area contributed by atoms with Crippen LogP contribution in [0.1, 0.15) is 46.1 Å². The van der Waals surface area contributed by atoms with Gasteiger partial charge in [-0.25, -0.2) is 0 Å². The fraction of sp³-hybridized carbons (Fsp3) is 0.440. The molecule has 32 heavy (non-hydrogen) atoms. The second kappa shape index (κ2) is 8.22. The smallest absolute Gasteiger partial charge is 0.151 e. The Morgan fingerprint density at radius 1 is 1.06 bits per heavy atom. The number of nitrogens with one attached hydrogen (secondary N) is 1. The number of aromatic nitrogens is 3. The van der Waals surface area contributed by atoms with E-state index in [4.69, 9.17) is 0 Å². The SMILES string of the molecule is CN(c1ccc(-c2ccc(-n3ccc(CO)c3)cc2O)nn1)C1CC(C)(C)NC(C)(C)C1. The maximum atomic E-state index is 10.6. The zero-order valence-corrected chi connectivity index (χ0v) is 19.5. The highest BCUT2D eigenvalue weighted by Crippen LogP contribution is 2.34. The van der Waals surface area contributed by atoms with Crippen LogP contribution in [0.15, 0.2) is 48.8 Å². The van der Waals surface area contributed by atoms with E-state index in [2.05, 4.69) is 55.2 Å². The summed E-state index contributed by atoms with van der Waals surface area (Å²) in [4.78, 5) is 2.22. The number of rotatable bonds is 5. The Labute approximate surface area is 189 Å². The van der Waals surface area contributed by atoms with Gasteiger partial charge in [0, 0.05) is 53.9 Å². The molecule has 7 nitrogen and oxygen atoms in total. The van der Waals surface area contributed by atoms with E-state index in [1.54, 1.807) is 6.07 Å². The number of nitrogens with zero attached hydrogens (tertiary/aromatic N) is 4. The molecule has 1 fully saturated rings. The highest BCUT2D eigenvalue weighted by molar-refractivity contribution is 5.69. The summed E-state index contributed by atoms with van der Waals surface area (Å²) in [5.74, 6) is 0.964. The number of aliphatic hydroxyl groups excluding tert-OH is 1. The molecule has 0 spiro atoms. The lowest BCUT2D eigenvalue weighted by atomic mass is 9.79. The Morgan fingerprint density at radius 2 is 1.78 bits per heavy atom. The molecule has 0 atom stereocenters. The van der Waals surface area contributed by atoms with E-state index < -0.39 is 0 Å². The number of anilines is 1. The molecule has 2 aromatic heterocycles. The summed E-state index contributed by atoms with van der Waals surface area (Å²) >= 11 is 0. The number of aromatic hydroxyl groups is 1. The van der Waals surface area contributed by atoms with Gasteiger partial charge in [0.2, 0.25) is 0 Å². The number of phenols is 1. The molecule has 4 rings (SSSR count). The molecule has 0 bridgehead atoms. The number of hydrogen-bond acceptors (Lipinski definition) is 6. The fourth-order valence-corrected chi connectivity index (χ4v) is 4.98. The molecule has 0 unspecified atom stereocenters. The minimum Gasteiger partial charge on any atom is -0.507 e. The molecule has 0 radical (unpaired) electrons. The van der Waals surface area contributed by atoms with Crippen molar-refractivity contribution in [3.05, 3.63) is 54.4 Å². The lowest BCUT2D eigenvalue weighted by Crippen LogP contribution is -2.62. The molecular formula is C25H33N5O2. The van der Waals surface area contributed by atoms with Crippen LogP contribution in [0.4, 0.5) is 5.82 Å². The van der Waals surface area contributed by atoms with Crippen molar-refractivity contribution in [2.75, 3.05) is 11.9 Å². The molecule has 1 aliphatic rings. The Hall–Kier alpha value is -2.90. The van der Waals surface area contributed by atoms with Gasteiger partial charge in [-0.2, -0.15) is 0 Å². The third kappa shape index (κ3) is 4.64. The summed E-state index contributed by atoms with van der Waals surface area (Å²) in [5.41, 5.74) is 3.00. The second-order valence-electron chi connectivity index (χ2n) is 10.1. The zero-order valence-electron chi connectivity index (χ0n) is 19.5. The number of piperidine rings is 1.